The van der Waals surface area contributed by atoms with Crippen LogP contribution in [0.1, 0.15) is 51.4 Å². The molecule has 14 bridgehead atoms. The maximum atomic E-state index is 4.72. The number of hydrogen-bond donors (Lipinski definition) is 0. The van der Waals surface area contributed by atoms with Gasteiger partial charge in [-0.15, -0.1) is 0 Å². The van der Waals surface area contributed by atoms with Gasteiger partial charge in [0.25, 0.3) is 0 Å². The van der Waals surface area contributed by atoms with Gasteiger partial charge >= 0.3 is 0 Å². The summed E-state index contributed by atoms with van der Waals surface area (Å²) in [7, 11) is 0. The van der Waals surface area contributed by atoms with Crippen LogP contribution in [0.2, 0.25) is 0 Å². The molecular formula is C22H27Br. The fourth-order valence-corrected chi connectivity index (χ4v) is 15.3. The first-order valence-electron chi connectivity index (χ1n) is 10.9. The standard InChI is InChI=1S/C22H27Br/c23-22-16-4-10-2-12-15(16)7-20-5-9-1-11-14(13(3-9)19(20)22)8-21(22,6-10)18(12)17(11)20/h9-19H,1-8H2. The lowest BCUT2D eigenvalue weighted by Crippen LogP contribution is -2.90. The minimum absolute atomic E-state index is 0.631. The van der Waals surface area contributed by atoms with Crippen molar-refractivity contribution < 1.29 is 0 Å². The molecule has 13 rings (SSSR count). The monoisotopic (exact) mass is 370 g/mol. The Labute approximate surface area is 147 Å². The lowest BCUT2D eigenvalue weighted by Gasteiger charge is -2.93. The second-order valence-electron chi connectivity index (χ2n) is 12.1. The van der Waals surface area contributed by atoms with Gasteiger partial charge in [0, 0.05) is 4.32 Å². The zero-order chi connectivity index (χ0) is 14.5. The quantitative estimate of drug-likeness (QED) is 0.519. The Morgan fingerprint density at radius 3 is 2.35 bits per heavy atom. The first kappa shape index (κ1) is 12.0. The van der Waals surface area contributed by atoms with E-state index in [4.69, 9.17) is 15.9 Å². The largest absolute Gasteiger partial charge is 0.0841 e. The van der Waals surface area contributed by atoms with Gasteiger partial charge in [-0.25, -0.2) is 0 Å². The van der Waals surface area contributed by atoms with E-state index in [1.165, 1.54) is 29.6 Å². The van der Waals surface area contributed by atoms with E-state index < -0.39 is 0 Å². The lowest BCUT2D eigenvalue weighted by atomic mass is 9.13. The molecule has 13 saturated carbocycles. The van der Waals surface area contributed by atoms with Crippen LogP contribution in [0.4, 0.5) is 0 Å². The van der Waals surface area contributed by atoms with Gasteiger partial charge in [-0.3, -0.25) is 0 Å². The van der Waals surface area contributed by atoms with Crippen LogP contribution in [-0.2, 0) is 0 Å². The molecule has 0 heterocycles. The van der Waals surface area contributed by atoms with Gasteiger partial charge in [0.2, 0.25) is 0 Å². The number of alkyl halides is 1. The molecular weight excluding hydrogens is 344 g/mol. The third kappa shape index (κ3) is 0.816. The summed E-state index contributed by atoms with van der Waals surface area (Å²) < 4.78 is 0.631. The Balaban J connectivity index is 1.45. The minimum atomic E-state index is 0.631. The summed E-state index contributed by atoms with van der Waals surface area (Å²) in [5.41, 5.74) is 1.65. The molecule has 0 aliphatic heterocycles. The first-order valence-corrected chi connectivity index (χ1v) is 11.7. The molecule has 0 saturated heterocycles. The van der Waals surface area contributed by atoms with Crippen LogP contribution in [0, 0.1) is 75.9 Å². The highest BCUT2D eigenvalue weighted by atomic mass is 79.9. The van der Waals surface area contributed by atoms with Gasteiger partial charge in [0.1, 0.15) is 0 Å². The predicted molar refractivity (Wildman–Crippen MR) is 91.9 cm³/mol. The van der Waals surface area contributed by atoms with Crippen LogP contribution >= 0.6 is 15.9 Å². The van der Waals surface area contributed by atoms with Gasteiger partial charge in [-0.05, 0) is 127 Å². The van der Waals surface area contributed by atoms with Crippen molar-refractivity contribution in [2.75, 3.05) is 0 Å². The second kappa shape index (κ2) is 2.93. The van der Waals surface area contributed by atoms with Crippen LogP contribution in [-0.4, -0.2) is 4.32 Å². The molecule has 0 N–H and O–H groups in total. The topological polar surface area (TPSA) is 0 Å². The average molecular weight is 371 g/mol. The van der Waals surface area contributed by atoms with Crippen LogP contribution < -0.4 is 0 Å². The van der Waals surface area contributed by atoms with E-state index in [1.54, 1.807) is 51.4 Å². The summed E-state index contributed by atoms with van der Waals surface area (Å²) in [5, 5.41) is 0. The molecule has 14 unspecified atom stereocenters. The van der Waals surface area contributed by atoms with Gasteiger partial charge in [-0.2, -0.15) is 0 Å². The Kier molecular flexibility index (Phi) is 1.53. The Bertz CT molecular complexity index is 700. The van der Waals surface area contributed by atoms with E-state index in [9.17, 15) is 0 Å². The van der Waals surface area contributed by atoms with Crippen molar-refractivity contribution in [2.24, 2.45) is 75.9 Å². The molecule has 0 aromatic carbocycles. The van der Waals surface area contributed by atoms with E-state index in [0.717, 1.165) is 46.3 Å². The summed E-state index contributed by atoms with van der Waals surface area (Å²) >= 11 is 4.72. The van der Waals surface area contributed by atoms with Gasteiger partial charge in [-0.1, -0.05) is 15.9 Å². The second-order valence-corrected chi connectivity index (χ2v) is 13.4. The van der Waals surface area contributed by atoms with Crippen molar-refractivity contribution in [2.45, 2.75) is 55.7 Å². The van der Waals surface area contributed by atoms with Crippen molar-refractivity contribution in [3.63, 3.8) is 0 Å². The summed E-state index contributed by atoms with van der Waals surface area (Å²) in [6.45, 7) is 0. The molecule has 0 nitrogen and oxygen atoms in total. The molecule has 14 atom stereocenters. The molecule has 122 valence electrons. The molecule has 13 aliphatic rings. The third-order valence-electron chi connectivity index (χ3n) is 12.5. The molecule has 13 fully saturated rings. The number of rotatable bonds is 0. The van der Waals surface area contributed by atoms with E-state index >= 15 is 0 Å². The number of halogens is 1. The van der Waals surface area contributed by atoms with Crippen LogP contribution in [0.25, 0.3) is 0 Å². The zero-order valence-electron chi connectivity index (χ0n) is 13.9. The normalized spacial score (nSPS) is 85.2. The molecule has 1 heteroatoms. The van der Waals surface area contributed by atoms with Crippen molar-refractivity contribution in [1.82, 2.24) is 0 Å². The Hall–Kier alpha value is 0.480. The average Bonchev–Trinajstić information content (AvgIpc) is 2.53. The van der Waals surface area contributed by atoms with Crippen LogP contribution in [0.5, 0.6) is 0 Å². The predicted octanol–water partition coefficient (Wildman–Crippen LogP) is 5.11. The summed E-state index contributed by atoms with van der Waals surface area (Å²) in [5.74, 6) is 12.8. The van der Waals surface area contributed by atoms with Crippen molar-refractivity contribution in [3.05, 3.63) is 0 Å². The smallest absolute Gasteiger partial charge is 0.0384 e. The maximum absolute atomic E-state index is 4.72. The van der Waals surface area contributed by atoms with E-state index in [1.807, 2.05) is 0 Å². The Morgan fingerprint density at radius 1 is 0.652 bits per heavy atom. The fraction of sp³-hybridized carbons (Fsp3) is 1.00. The van der Waals surface area contributed by atoms with Crippen molar-refractivity contribution in [1.29, 1.82) is 0 Å². The van der Waals surface area contributed by atoms with Gasteiger partial charge < -0.3 is 0 Å². The van der Waals surface area contributed by atoms with Crippen molar-refractivity contribution in [3.8, 4) is 0 Å². The van der Waals surface area contributed by atoms with E-state index in [0.29, 0.717) is 4.32 Å². The molecule has 0 radical (unpaired) electrons. The molecule has 0 aromatic rings. The summed E-state index contributed by atoms with van der Waals surface area (Å²) in [6, 6.07) is 0. The molecule has 0 aromatic heterocycles. The highest BCUT2D eigenvalue weighted by Crippen LogP contribution is 2.95. The van der Waals surface area contributed by atoms with Gasteiger partial charge in [0.05, 0.1) is 0 Å². The van der Waals surface area contributed by atoms with Crippen molar-refractivity contribution >= 4 is 15.9 Å². The molecule has 0 amide bonds. The molecule has 13 aliphatic carbocycles. The van der Waals surface area contributed by atoms with E-state index in [2.05, 4.69) is 0 Å². The number of hydrogen-bond acceptors (Lipinski definition) is 0. The highest BCUT2D eigenvalue weighted by molar-refractivity contribution is 9.10. The SMILES string of the molecule is BrC12C3CC4CC5C3CC36CC7CC8C(CC1(C4)C5C83)C(C7)C62. The summed E-state index contributed by atoms with van der Waals surface area (Å²) in [4.78, 5) is 0. The Morgan fingerprint density at radius 2 is 1.43 bits per heavy atom. The molecule has 23 heavy (non-hydrogen) atoms. The zero-order valence-corrected chi connectivity index (χ0v) is 15.5. The summed E-state index contributed by atoms with van der Waals surface area (Å²) in [6.07, 6.45) is 13.4. The third-order valence-corrected chi connectivity index (χ3v) is 14.4. The maximum Gasteiger partial charge on any atom is 0.0384 e. The highest BCUT2D eigenvalue weighted by Gasteiger charge is 2.90. The fourth-order valence-electron chi connectivity index (χ4n) is 13.4. The van der Waals surface area contributed by atoms with Crippen LogP contribution in [0.15, 0.2) is 0 Å². The minimum Gasteiger partial charge on any atom is -0.0841 e. The molecule has 2 spiro atoms. The van der Waals surface area contributed by atoms with Crippen LogP contribution in [0.3, 0.4) is 0 Å². The first-order chi connectivity index (χ1) is 11.2. The van der Waals surface area contributed by atoms with E-state index in [-0.39, 0.29) is 0 Å². The van der Waals surface area contributed by atoms with Gasteiger partial charge in [0.15, 0.2) is 0 Å². The lowest BCUT2D eigenvalue weighted by molar-refractivity contribution is -0.417.